The van der Waals surface area contributed by atoms with Crippen LogP contribution < -0.4 is 0 Å². The normalized spacial score (nSPS) is 20.7. The Kier molecular flexibility index (Phi) is 4.05. The summed E-state index contributed by atoms with van der Waals surface area (Å²) in [6, 6.07) is 4.50. The van der Waals surface area contributed by atoms with Crippen LogP contribution in [0.4, 0.5) is 13.2 Å². The molecule has 0 bridgehead atoms. The molecule has 1 aliphatic heterocycles. The zero-order valence-electron chi connectivity index (χ0n) is 9.85. The number of hydrogen-bond acceptors (Lipinski definition) is 3. The van der Waals surface area contributed by atoms with Crippen LogP contribution in [0.15, 0.2) is 29.2 Å². The Morgan fingerprint density at radius 3 is 2.68 bits per heavy atom. The first-order valence-electron chi connectivity index (χ1n) is 5.73. The zero-order valence-corrected chi connectivity index (χ0v) is 10.7. The van der Waals surface area contributed by atoms with Gasteiger partial charge in [-0.3, -0.25) is 4.79 Å². The van der Waals surface area contributed by atoms with Crippen molar-refractivity contribution in [1.29, 1.82) is 0 Å². The van der Waals surface area contributed by atoms with E-state index in [1.54, 1.807) is 0 Å². The molecule has 104 valence electrons. The third-order valence-electron chi connectivity index (χ3n) is 2.90. The van der Waals surface area contributed by atoms with Crippen molar-refractivity contribution in [3.8, 4) is 0 Å². The summed E-state index contributed by atoms with van der Waals surface area (Å²) in [7, 11) is 0. The van der Waals surface area contributed by atoms with Crippen molar-refractivity contribution in [2.45, 2.75) is 30.0 Å². The molecule has 1 saturated heterocycles. The predicted molar refractivity (Wildman–Crippen MR) is 64.7 cm³/mol. The quantitative estimate of drug-likeness (QED) is 0.868. The standard InChI is InChI=1S/C12H12F3NO2S/c13-12(14,15)8-4-1-2-6-10(8)19-16-7-3-5-9(16)11(17)18/h1-2,4,6,9H,3,5,7H2,(H,17,18). The minimum atomic E-state index is -4.43. The smallest absolute Gasteiger partial charge is 0.417 e. The molecular weight excluding hydrogens is 279 g/mol. The maximum absolute atomic E-state index is 12.8. The van der Waals surface area contributed by atoms with Gasteiger partial charge in [-0.2, -0.15) is 13.2 Å². The van der Waals surface area contributed by atoms with Crippen LogP contribution in [0, 0.1) is 0 Å². The van der Waals surface area contributed by atoms with E-state index in [9.17, 15) is 18.0 Å². The van der Waals surface area contributed by atoms with E-state index in [4.69, 9.17) is 5.11 Å². The molecule has 1 aromatic carbocycles. The summed E-state index contributed by atoms with van der Waals surface area (Å²) in [5.41, 5.74) is -0.726. The summed E-state index contributed by atoms with van der Waals surface area (Å²) in [6.45, 7) is 0.480. The molecule has 0 radical (unpaired) electrons. The molecule has 2 rings (SSSR count). The van der Waals surface area contributed by atoms with E-state index in [-0.39, 0.29) is 4.90 Å². The van der Waals surface area contributed by atoms with Crippen molar-refractivity contribution in [3.63, 3.8) is 0 Å². The fourth-order valence-corrected chi connectivity index (χ4v) is 3.22. The Morgan fingerprint density at radius 1 is 1.37 bits per heavy atom. The lowest BCUT2D eigenvalue weighted by Crippen LogP contribution is -2.30. The molecule has 0 saturated carbocycles. The van der Waals surface area contributed by atoms with Crippen molar-refractivity contribution in [2.24, 2.45) is 0 Å². The number of hydrogen-bond donors (Lipinski definition) is 1. The van der Waals surface area contributed by atoms with Crippen LogP contribution in [0.25, 0.3) is 0 Å². The maximum atomic E-state index is 12.8. The number of benzene rings is 1. The molecule has 1 fully saturated rings. The molecule has 0 aliphatic carbocycles. The fraction of sp³-hybridized carbons (Fsp3) is 0.417. The Hall–Kier alpha value is -1.21. The second kappa shape index (κ2) is 5.42. The van der Waals surface area contributed by atoms with Gasteiger partial charge in [0.05, 0.1) is 5.56 Å². The maximum Gasteiger partial charge on any atom is 0.417 e. The Labute approximate surface area is 112 Å². The summed E-state index contributed by atoms with van der Waals surface area (Å²) in [6.07, 6.45) is -3.28. The highest BCUT2D eigenvalue weighted by Crippen LogP contribution is 2.39. The fourth-order valence-electron chi connectivity index (χ4n) is 2.00. The molecule has 1 heterocycles. The summed E-state index contributed by atoms with van der Waals surface area (Å²) < 4.78 is 40.0. The lowest BCUT2D eigenvalue weighted by Gasteiger charge is -2.21. The Balaban J connectivity index is 2.22. The van der Waals surface area contributed by atoms with Gasteiger partial charge in [-0.25, -0.2) is 4.31 Å². The van der Waals surface area contributed by atoms with E-state index in [1.165, 1.54) is 22.5 Å². The van der Waals surface area contributed by atoms with E-state index in [0.717, 1.165) is 18.0 Å². The molecule has 1 N–H and O–H groups in total. The zero-order chi connectivity index (χ0) is 14.0. The molecule has 0 aromatic heterocycles. The highest BCUT2D eigenvalue weighted by atomic mass is 32.2. The first kappa shape index (κ1) is 14.2. The summed E-state index contributed by atoms with van der Waals surface area (Å²) >= 11 is 0.874. The summed E-state index contributed by atoms with van der Waals surface area (Å²) in [5.74, 6) is -0.991. The van der Waals surface area contributed by atoms with Crippen LogP contribution in [0.2, 0.25) is 0 Å². The van der Waals surface area contributed by atoms with Crippen LogP contribution in [-0.2, 0) is 11.0 Å². The van der Waals surface area contributed by atoms with Gasteiger partial charge in [0, 0.05) is 11.4 Å². The van der Waals surface area contributed by atoms with Crippen molar-refractivity contribution in [3.05, 3.63) is 29.8 Å². The number of aliphatic carboxylic acids is 1. The van der Waals surface area contributed by atoms with Gasteiger partial charge in [0.2, 0.25) is 0 Å². The van der Waals surface area contributed by atoms with Crippen molar-refractivity contribution < 1.29 is 23.1 Å². The molecule has 19 heavy (non-hydrogen) atoms. The van der Waals surface area contributed by atoms with E-state index in [0.29, 0.717) is 19.4 Å². The van der Waals surface area contributed by atoms with Gasteiger partial charge in [0.1, 0.15) is 6.04 Å². The van der Waals surface area contributed by atoms with E-state index in [2.05, 4.69) is 0 Å². The van der Waals surface area contributed by atoms with Crippen LogP contribution in [-0.4, -0.2) is 28.0 Å². The highest BCUT2D eigenvalue weighted by molar-refractivity contribution is 7.97. The van der Waals surface area contributed by atoms with E-state index < -0.39 is 23.8 Å². The average molecular weight is 291 g/mol. The summed E-state index contributed by atoms with van der Waals surface area (Å²) in [4.78, 5) is 11.1. The molecule has 0 amide bonds. The molecule has 1 unspecified atom stereocenters. The van der Waals surface area contributed by atoms with Gasteiger partial charge < -0.3 is 5.11 Å². The minimum absolute atomic E-state index is 0.0446. The second-order valence-corrected chi connectivity index (χ2v) is 5.31. The van der Waals surface area contributed by atoms with Crippen LogP contribution >= 0.6 is 11.9 Å². The van der Waals surface area contributed by atoms with Crippen molar-refractivity contribution in [1.82, 2.24) is 4.31 Å². The van der Waals surface area contributed by atoms with Gasteiger partial charge in [-0.15, -0.1) is 0 Å². The third-order valence-corrected chi connectivity index (χ3v) is 4.12. The number of rotatable bonds is 3. The summed E-state index contributed by atoms with van der Waals surface area (Å²) in [5, 5.41) is 9.01. The van der Waals surface area contributed by atoms with Gasteiger partial charge >= 0.3 is 12.1 Å². The number of carbonyl (C=O) groups is 1. The van der Waals surface area contributed by atoms with Gasteiger partial charge in [0.25, 0.3) is 0 Å². The lowest BCUT2D eigenvalue weighted by atomic mass is 10.2. The molecule has 7 heteroatoms. The molecular formula is C12H12F3NO2S. The molecule has 1 aliphatic rings. The first-order chi connectivity index (χ1) is 8.89. The molecule has 3 nitrogen and oxygen atoms in total. The molecule has 0 spiro atoms. The van der Waals surface area contributed by atoms with Gasteiger partial charge in [0.15, 0.2) is 0 Å². The third kappa shape index (κ3) is 3.22. The van der Waals surface area contributed by atoms with E-state index >= 15 is 0 Å². The highest BCUT2D eigenvalue weighted by Gasteiger charge is 2.36. The number of carboxylic acids is 1. The van der Waals surface area contributed by atoms with Crippen LogP contribution in [0.5, 0.6) is 0 Å². The number of nitrogens with zero attached hydrogens (tertiary/aromatic N) is 1. The molecule has 1 atom stereocenters. The van der Waals surface area contributed by atoms with Crippen LogP contribution in [0.3, 0.4) is 0 Å². The SMILES string of the molecule is O=C(O)C1CCCN1Sc1ccccc1C(F)(F)F. The Bertz CT molecular complexity index is 478. The largest absolute Gasteiger partial charge is 0.480 e. The lowest BCUT2D eigenvalue weighted by molar-refractivity contribution is -0.140. The topological polar surface area (TPSA) is 40.5 Å². The van der Waals surface area contributed by atoms with Gasteiger partial charge in [-0.05, 0) is 36.9 Å². The number of carboxylic acid groups (broad SMARTS) is 1. The average Bonchev–Trinajstić information content (AvgIpc) is 2.76. The molecule has 1 aromatic rings. The van der Waals surface area contributed by atoms with Crippen LogP contribution in [0.1, 0.15) is 18.4 Å². The Morgan fingerprint density at radius 2 is 2.05 bits per heavy atom. The van der Waals surface area contributed by atoms with E-state index in [1.807, 2.05) is 0 Å². The minimum Gasteiger partial charge on any atom is -0.480 e. The van der Waals surface area contributed by atoms with Crippen molar-refractivity contribution >= 4 is 17.9 Å². The number of alkyl halides is 3. The van der Waals surface area contributed by atoms with Crippen molar-refractivity contribution in [2.75, 3.05) is 6.54 Å². The predicted octanol–water partition coefficient (Wildman–Crippen LogP) is 3.26. The first-order valence-corrected chi connectivity index (χ1v) is 6.50. The monoisotopic (exact) mass is 291 g/mol. The van der Waals surface area contributed by atoms with Gasteiger partial charge in [-0.1, -0.05) is 12.1 Å². The number of halogens is 3. The second-order valence-electron chi connectivity index (χ2n) is 4.22.